The number of carboxylic acids is 1. The topological polar surface area (TPSA) is 161 Å². The maximum atomic E-state index is 12.6. The molecule has 53 heavy (non-hydrogen) atoms. The van der Waals surface area contributed by atoms with E-state index in [2.05, 4.69) is 70.8 Å². The van der Waals surface area contributed by atoms with Crippen molar-refractivity contribution in [1.29, 1.82) is 0 Å². The van der Waals surface area contributed by atoms with Crippen LogP contribution in [-0.2, 0) is 23.9 Å². The molecule has 0 radical (unpaired) electrons. The van der Waals surface area contributed by atoms with Gasteiger partial charge < -0.3 is 24.8 Å². The Morgan fingerprint density at radius 3 is 2.42 bits per heavy atom. The quantitative estimate of drug-likeness (QED) is 0.169. The van der Waals surface area contributed by atoms with Crippen molar-refractivity contribution < 1.29 is 29.0 Å². The number of aromatic nitrogens is 3. The normalized spacial score (nSPS) is 21.9. The Bertz CT molecular complexity index is 1760. The number of carboxylic acid groups (broad SMARTS) is 1. The third-order valence-electron chi connectivity index (χ3n) is 11.0. The summed E-state index contributed by atoms with van der Waals surface area (Å²) in [6.07, 6.45) is 5.61. The van der Waals surface area contributed by atoms with Crippen molar-refractivity contribution in [2.45, 2.75) is 138 Å². The van der Waals surface area contributed by atoms with Crippen molar-refractivity contribution >= 4 is 40.6 Å². The minimum atomic E-state index is -1.10. The maximum absolute atomic E-state index is 12.6. The van der Waals surface area contributed by atoms with Crippen molar-refractivity contribution in [2.75, 3.05) is 31.3 Å². The fraction of sp³-hybridized carbons (Fsp3) is 0.675. The first-order chi connectivity index (χ1) is 24.8. The second-order valence-corrected chi connectivity index (χ2v) is 17.3. The molecular formula is C40H59N7O6. The molecule has 2 aliphatic heterocycles. The highest BCUT2D eigenvalue weighted by molar-refractivity contribution is 6.50. The van der Waals surface area contributed by atoms with Gasteiger partial charge in [0.1, 0.15) is 18.9 Å². The Morgan fingerprint density at radius 2 is 1.77 bits per heavy atom. The zero-order valence-electron chi connectivity index (χ0n) is 33.3. The number of aliphatic carboxylic acids is 1. The van der Waals surface area contributed by atoms with Crippen LogP contribution < -0.4 is 10.2 Å². The third-order valence-corrected chi connectivity index (χ3v) is 11.0. The van der Waals surface area contributed by atoms with Gasteiger partial charge in [0.15, 0.2) is 5.82 Å². The van der Waals surface area contributed by atoms with Gasteiger partial charge >= 0.3 is 11.9 Å². The number of hydrogen-bond donors (Lipinski definition) is 2. The zero-order chi connectivity index (χ0) is 38.9. The zero-order valence-corrected chi connectivity index (χ0v) is 33.3. The number of amides is 1. The lowest BCUT2D eigenvalue weighted by Gasteiger charge is -2.48. The summed E-state index contributed by atoms with van der Waals surface area (Å²) in [7, 11) is 0. The van der Waals surface area contributed by atoms with Crippen molar-refractivity contribution in [3.8, 4) is 0 Å². The summed E-state index contributed by atoms with van der Waals surface area (Å²) in [5.41, 5.74) is 5.14. The van der Waals surface area contributed by atoms with E-state index >= 15 is 0 Å². The molecule has 0 saturated heterocycles. The van der Waals surface area contributed by atoms with Crippen molar-refractivity contribution in [3.05, 3.63) is 34.9 Å². The second kappa shape index (κ2) is 15.7. The van der Waals surface area contributed by atoms with E-state index in [0.29, 0.717) is 18.3 Å². The van der Waals surface area contributed by atoms with Gasteiger partial charge in [0, 0.05) is 35.1 Å². The van der Waals surface area contributed by atoms with Crippen LogP contribution in [0.15, 0.2) is 22.2 Å². The number of aryl methyl sites for hydroxylation is 1. The first kappa shape index (κ1) is 40.1. The molecule has 290 valence electrons. The molecule has 0 bridgehead atoms. The van der Waals surface area contributed by atoms with Gasteiger partial charge in [0.05, 0.1) is 23.4 Å². The van der Waals surface area contributed by atoms with E-state index in [0.717, 1.165) is 80.0 Å². The highest BCUT2D eigenvalue weighted by Crippen LogP contribution is 2.46. The summed E-state index contributed by atoms with van der Waals surface area (Å²) in [6.45, 7) is 21.6. The van der Waals surface area contributed by atoms with Gasteiger partial charge in [-0.05, 0) is 109 Å². The Balaban J connectivity index is 1.34. The van der Waals surface area contributed by atoms with Gasteiger partial charge in [-0.3, -0.25) is 9.59 Å². The number of carbonyl (C=O) groups is 3. The van der Waals surface area contributed by atoms with Gasteiger partial charge in [-0.2, -0.15) is 5.10 Å². The molecule has 2 aromatic rings. The molecule has 1 aromatic heterocycles. The third kappa shape index (κ3) is 9.16. The summed E-state index contributed by atoms with van der Waals surface area (Å²) in [6, 6.07) is 4.49. The molecule has 0 spiro atoms. The number of carbonyl (C=O) groups excluding carboxylic acids is 2. The number of esters is 1. The number of hydrogen-bond acceptors (Lipinski definition) is 10. The van der Waals surface area contributed by atoms with Crippen LogP contribution in [0.2, 0.25) is 0 Å². The Hall–Kier alpha value is -4.13. The summed E-state index contributed by atoms with van der Waals surface area (Å²) in [5, 5.41) is 21.4. The van der Waals surface area contributed by atoms with Gasteiger partial charge in [0.25, 0.3) is 0 Å². The molecule has 5 rings (SSSR count). The fourth-order valence-electron chi connectivity index (χ4n) is 7.58. The van der Waals surface area contributed by atoms with Gasteiger partial charge in [-0.25, -0.2) is 14.8 Å². The molecule has 1 aromatic carbocycles. The summed E-state index contributed by atoms with van der Waals surface area (Å²) < 4.78 is 10.6. The second-order valence-electron chi connectivity index (χ2n) is 17.3. The van der Waals surface area contributed by atoms with Gasteiger partial charge in [-0.1, -0.05) is 34.6 Å². The molecule has 1 aliphatic carbocycles. The van der Waals surface area contributed by atoms with E-state index in [1.54, 1.807) is 4.79 Å². The molecule has 1 unspecified atom stereocenters. The summed E-state index contributed by atoms with van der Waals surface area (Å²) in [5.74, 6) is 0.273. The van der Waals surface area contributed by atoms with Crippen LogP contribution in [0.3, 0.4) is 0 Å². The molecular weight excluding hydrogens is 674 g/mol. The number of nitrogens with zero attached hydrogens (tertiary/aromatic N) is 6. The average Bonchev–Trinajstić information content (AvgIpc) is 3.64. The van der Waals surface area contributed by atoms with Crippen LogP contribution in [0.1, 0.15) is 142 Å². The van der Waals surface area contributed by atoms with Crippen LogP contribution in [0.25, 0.3) is 0 Å². The summed E-state index contributed by atoms with van der Waals surface area (Å²) >= 11 is 0. The van der Waals surface area contributed by atoms with E-state index < -0.39 is 18.0 Å². The maximum Gasteiger partial charge on any atom is 0.329 e. The lowest BCUT2D eigenvalue weighted by atomic mass is 9.79. The van der Waals surface area contributed by atoms with E-state index in [-0.39, 0.29) is 41.4 Å². The molecule has 13 nitrogen and oxygen atoms in total. The SMILES string of the molecule is CCC(C)(C)C(=O)OCCCN1c2cc(C)c(/N=C3/C(C(C)(C)C)=Nn4nc(C5CCC(NC(=O)COCC(=O)O)CC5)nc43)cc2C(C)CC1(C)C. The lowest BCUT2D eigenvalue weighted by molar-refractivity contribution is -0.154. The van der Waals surface area contributed by atoms with Crippen molar-refractivity contribution in [1.82, 2.24) is 20.2 Å². The molecule has 3 heterocycles. The fourth-order valence-corrected chi connectivity index (χ4v) is 7.58. The monoisotopic (exact) mass is 733 g/mol. The lowest BCUT2D eigenvalue weighted by Crippen LogP contribution is -2.49. The van der Waals surface area contributed by atoms with Crippen LogP contribution in [-0.4, -0.2) is 87.2 Å². The highest BCUT2D eigenvalue weighted by atomic mass is 16.5. The molecule has 13 heteroatoms. The number of rotatable bonds is 13. The number of aliphatic imine (C=N–C) groups is 1. The number of fused-ring (bicyclic) bond motifs is 2. The number of benzene rings is 1. The van der Waals surface area contributed by atoms with Crippen LogP contribution in [0.4, 0.5) is 11.4 Å². The Labute approximate surface area is 314 Å². The largest absolute Gasteiger partial charge is 0.480 e. The molecule has 2 N–H and O–H groups in total. The number of anilines is 1. The predicted molar refractivity (Wildman–Crippen MR) is 205 cm³/mol. The van der Waals surface area contributed by atoms with Crippen LogP contribution >= 0.6 is 0 Å². The minimum absolute atomic E-state index is 0.00380. The summed E-state index contributed by atoms with van der Waals surface area (Å²) in [4.78, 5) is 49.9. The average molecular weight is 734 g/mol. The molecule has 1 saturated carbocycles. The van der Waals surface area contributed by atoms with Crippen molar-refractivity contribution in [3.63, 3.8) is 0 Å². The van der Waals surface area contributed by atoms with Crippen LogP contribution in [0, 0.1) is 17.8 Å². The molecule has 1 fully saturated rings. The molecule has 1 amide bonds. The Kier molecular flexibility index (Phi) is 11.9. The smallest absolute Gasteiger partial charge is 0.329 e. The number of ether oxygens (including phenoxy) is 2. The van der Waals surface area contributed by atoms with Crippen LogP contribution in [0.5, 0.6) is 0 Å². The molecule has 1 atom stereocenters. The standard InChI is InChI=1S/C40H59N7O6/c1-11-39(7,8)37(51)53-18-12-17-46-30-19-24(2)29(20-28(30)25(3)21-40(46,9)10)42-33-34(38(4,5)6)44-47-36(33)43-35(45-47)26-13-15-27(16-14-26)41-31(48)22-52-23-32(49)50/h19-20,25-27H,11-18,21-23H2,1-10H3,(H,41,48)(H,49,50)/b42-33-. The van der Waals surface area contributed by atoms with Crippen molar-refractivity contribution in [2.24, 2.45) is 20.9 Å². The van der Waals surface area contributed by atoms with E-state index in [1.165, 1.54) is 11.3 Å². The molecule has 3 aliphatic rings. The first-order valence-electron chi connectivity index (χ1n) is 19.1. The van der Waals surface area contributed by atoms with Gasteiger partial charge in [-0.15, -0.1) is 9.89 Å². The minimum Gasteiger partial charge on any atom is -0.480 e. The highest BCUT2D eigenvalue weighted by Gasteiger charge is 2.39. The van der Waals surface area contributed by atoms with Gasteiger partial charge in [0.2, 0.25) is 11.7 Å². The Morgan fingerprint density at radius 1 is 1.08 bits per heavy atom. The first-order valence-corrected chi connectivity index (χ1v) is 19.1. The van der Waals surface area contributed by atoms with E-state index in [1.807, 2.05) is 20.8 Å². The van der Waals surface area contributed by atoms with E-state index in [4.69, 9.17) is 34.8 Å². The number of nitrogens with one attached hydrogen (secondary N) is 1. The predicted octanol–water partition coefficient (Wildman–Crippen LogP) is 6.68. The van der Waals surface area contributed by atoms with E-state index in [9.17, 15) is 14.4 Å².